The smallest absolute Gasteiger partial charge is 0.335 e. The van der Waals surface area contributed by atoms with Crippen molar-refractivity contribution >= 4 is 50.1 Å². The van der Waals surface area contributed by atoms with Crippen molar-refractivity contribution in [1.29, 1.82) is 0 Å². The number of thiazole rings is 1. The van der Waals surface area contributed by atoms with Crippen LogP contribution in [0, 0.1) is 0 Å². The van der Waals surface area contributed by atoms with Crippen molar-refractivity contribution in [1.82, 2.24) is 9.97 Å². The van der Waals surface area contributed by atoms with Crippen LogP contribution >= 0.6 is 11.3 Å². The number of aliphatic hydroxyl groups excluding tert-OH is 1. The van der Waals surface area contributed by atoms with Crippen LogP contribution in [0.4, 0.5) is 5.13 Å². The molecule has 4 aromatic rings. The first kappa shape index (κ1) is 24.1. The molecule has 9 nitrogen and oxygen atoms in total. The maximum atomic E-state index is 13.3. The molecule has 2 N–H and O–H groups in total. The molecule has 2 aromatic carbocycles. The van der Waals surface area contributed by atoms with Gasteiger partial charge >= 0.3 is 11.9 Å². The fraction of sp³-hybridized carbons (Fsp3) is 0.148. The number of carboxylic acids is 1. The number of hydrogen-bond acceptors (Lipinski definition) is 8. The minimum absolute atomic E-state index is 0.0317. The molecule has 0 aliphatic carbocycles. The lowest BCUT2D eigenvalue weighted by Crippen LogP contribution is -2.29. The second kappa shape index (κ2) is 9.47. The Balaban J connectivity index is 1.64. The number of ketones is 1. The van der Waals surface area contributed by atoms with Gasteiger partial charge < -0.3 is 14.9 Å². The van der Waals surface area contributed by atoms with Crippen LogP contribution in [0.5, 0.6) is 5.75 Å². The molecule has 1 atom stereocenters. The number of aromatic nitrogens is 2. The average molecular weight is 516 g/mol. The molecule has 0 bridgehead atoms. The summed E-state index contributed by atoms with van der Waals surface area (Å²) in [5, 5.41) is 20.8. The number of pyridine rings is 1. The standard InChI is InChI=1S/C27H21N3O6S/c1-14(2)36-18-8-5-15(6-9-18)23(31)21-22(17-4-3-11-28-13-17)30(25(33)24(21)32)27-29-19-10-7-16(26(34)35)12-20(19)37-27/h3-14,22,31H,1-2H3,(H,34,35)/b23-21+. The van der Waals surface area contributed by atoms with E-state index in [-0.39, 0.29) is 28.1 Å². The molecular weight excluding hydrogens is 494 g/mol. The highest BCUT2D eigenvalue weighted by atomic mass is 32.1. The molecule has 1 amide bonds. The number of benzene rings is 2. The van der Waals surface area contributed by atoms with Crippen molar-refractivity contribution in [3.05, 3.63) is 89.3 Å². The van der Waals surface area contributed by atoms with E-state index in [0.717, 1.165) is 11.3 Å². The van der Waals surface area contributed by atoms with Crippen LogP contribution in [0.1, 0.15) is 41.4 Å². The van der Waals surface area contributed by atoms with Crippen LogP contribution in [0.2, 0.25) is 0 Å². The van der Waals surface area contributed by atoms with E-state index in [1.165, 1.54) is 23.2 Å². The van der Waals surface area contributed by atoms with Gasteiger partial charge in [-0.15, -0.1) is 0 Å². The van der Waals surface area contributed by atoms with Crippen molar-refractivity contribution in [2.45, 2.75) is 26.0 Å². The van der Waals surface area contributed by atoms with Crippen LogP contribution < -0.4 is 9.64 Å². The highest BCUT2D eigenvalue weighted by molar-refractivity contribution is 7.22. The molecule has 0 saturated carbocycles. The lowest BCUT2D eigenvalue weighted by molar-refractivity contribution is -0.132. The topological polar surface area (TPSA) is 130 Å². The lowest BCUT2D eigenvalue weighted by Gasteiger charge is -2.22. The molecule has 0 radical (unpaired) electrons. The van der Waals surface area contributed by atoms with Gasteiger partial charge in [0.2, 0.25) is 0 Å². The predicted molar refractivity (Wildman–Crippen MR) is 138 cm³/mol. The third-order valence-corrected chi connectivity index (χ3v) is 6.79. The predicted octanol–water partition coefficient (Wildman–Crippen LogP) is 4.80. The van der Waals surface area contributed by atoms with Gasteiger partial charge in [-0.2, -0.15) is 0 Å². The van der Waals surface area contributed by atoms with Crippen LogP contribution in [-0.4, -0.2) is 43.9 Å². The first-order valence-electron chi connectivity index (χ1n) is 11.4. The number of hydrogen-bond donors (Lipinski definition) is 2. The van der Waals surface area contributed by atoms with Gasteiger partial charge in [-0.3, -0.25) is 19.5 Å². The zero-order chi connectivity index (χ0) is 26.3. The number of carboxylic acid groups (broad SMARTS) is 1. The Morgan fingerprint density at radius 2 is 1.78 bits per heavy atom. The molecule has 5 rings (SSSR count). The van der Waals surface area contributed by atoms with Crippen molar-refractivity contribution in [2.24, 2.45) is 0 Å². The quantitative estimate of drug-likeness (QED) is 0.213. The largest absolute Gasteiger partial charge is 0.507 e. The fourth-order valence-electron chi connectivity index (χ4n) is 4.15. The molecule has 1 fully saturated rings. The molecule has 3 heterocycles. The summed E-state index contributed by atoms with van der Waals surface area (Å²) < 4.78 is 6.19. The van der Waals surface area contributed by atoms with Crippen molar-refractivity contribution < 1.29 is 29.3 Å². The highest BCUT2D eigenvalue weighted by Crippen LogP contribution is 2.44. The Kier molecular flexibility index (Phi) is 6.18. The molecular formula is C27H21N3O6S. The highest BCUT2D eigenvalue weighted by Gasteiger charge is 2.48. The summed E-state index contributed by atoms with van der Waals surface area (Å²) in [7, 11) is 0. The van der Waals surface area contributed by atoms with Crippen LogP contribution in [0.3, 0.4) is 0 Å². The molecule has 1 aliphatic rings. The molecule has 37 heavy (non-hydrogen) atoms. The molecule has 1 unspecified atom stereocenters. The fourth-order valence-corrected chi connectivity index (χ4v) is 5.18. The summed E-state index contributed by atoms with van der Waals surface area (Å²) in [5.41, 5.74) is 1.32. The van der Waals surface area contributed by atoms with Gasteiger partial charge in [-0.25, -0.2) is 9.78 Å². The number of amides is 1. The summed E-state index contributed by atoms with van der Waals surface area (Å²) in [4.78, 5) is 47.9. The Hall–Kier alpha value is -4.57. The van der Waals surface area contributed by atoms with Gasteiger partial charge in [0.15, 0.2) is 5.13 Å². The molecule has 10 heteroatoms. The zero-order valence-corrected chi connectivity index (χ0v) is 20.6. The number of ether oxygens (including phenoxy) is 1. The van der Waals surface area contributed by atoms with Crippen molar-refractivity contribution in [2.75, 3.05) is 4.90 Å². The number of aliphatic hydroxyl groups is 1. The van der Waals surface area contributed by atoms with Crippen molar-refractivity contribution in [3.63, 3.8) is 0 Å². The Bertz CT molecular complexity index is 1560. The summed E-state index contributed by atoms with van der Waals surface area (Å²) in [5.74, 6) is -2.53. The van der Waals surface area contributed by atoms with Gasteiger partial charge in [0.1, 0.15) is 11.5 Å². The van der Waals surface area contributed by atoms with E-state index in [0.29, 0.717) is 27.1 Å². The Morgan fingerprint density at radius 1 is 1.05 bits per heavy atom. The average Bonchev–Trinajstić information content (AvgIpc) is 3.42. The SMILES string of the molecule is CC(C)Oc1ccc(/C(O)=C2\C(=O)C(=O)N(c3nc4ccc(C(=O)O)cc4s3)C2c2cccnc2)cc1. The number of rotatable bonds is 6. The lowest BCUT2D eigenvalue weighted by atomic mass is 9.96. The molecule has 186 valence electrons. The Labute approximate surface area is 215 Å². The number of carbonyl (C=O) groups excluding carboxylic acids is 2. The first-order valence-corrected chi connectivity index (χ1v) is 12.2. The Morgan fingerprint density at radius 3 is 2.43 bits per heavy atom. The van der Waals surface area contributed by atoms with E-state index in [1.807, 2.05) is 13.8 Å². The molecule has 2 aromatic heterocycles. The van der Waals surface area contributed by atoms with Crippen LogP contribution in [0.15, 0.2) is 72.6 Å². The van der Waals surface area contributed by atoms with Gasteiger partial charge in [0.25, 0.3) is 5.78 Å². The van der Waals surface area contributed by atoms with E-state index in [2.05, 4.69) is 9.97 Å². The van der Waals surface area contributed by atoms with Gasteiger partial charge in [0, 0.05) is 18.0 Å². The molecule has 0 spiro atoms. The zero-order valence-electron chi connectivity index (χ0n) is 19.8. The van der Waals surface area contributed by atoms with E-state index in [4.69, 9.17) is 4.74 Å². The van der Waals surface area contributed by atoms with Gasteiger partial charge in [-0.05, 0) is 67.9 Å². The number of carbonyl (C=O) groups is 3. The van der Waals surface area contributed by atoms with E-state index in [1.54, 1.807) is 48.7 Å². The van der Waals surface area contributed by atoms with E-state index >= 15 is 0 Å². The van der Waals surface area contributed by atoms with Crippen LogP contribution in [0.25, 0.3) is 16.0 Å². The third-order valence-electron chi connectivity index (χ3n) is 5.77. The minimum atomic E-state index is -1.09. The second-order valence-electron chi connectivity index (χ2n) is 8.63. The normalized spacial score (nSPS) is 17.1. The third kappa shape index (κ3) is 4.43. The summed E-state index contributed by atoms with van der Waals surface area (Å²) >= 11 is 1.08. The van der Waals surface area contributed by atoms with Gasteiger partial charge in [0.05, 0.1) is 33.5 Å². The second-order valence-corrected chi connectivity index (χ2v) is 9.64. The maximum Gasteiger partial charge on any atom is 0.335 e. The van der Waals surface area contributed by atoms with Gasteiger partial charge in [-0.1, -0.05) is 17.4 Å². The monoisotopic (exact) mass is 515 g/mol. The number of nitrogens with zero attached hydrogens (tertiary/aromatic N) is 3. The number of aromatic carboxylic acids is 1. The number of fused-ring (bicyclic) bond motifs is 1. The maximum absolute atomic E-state index is 13.3. The van der Waals surface area contributed by atoms with E-state index < -0.39 is 23.7 Å². The van der Waals surface area contributed by atoms with Crippen molar-refractivity contribution in [3.8, 4) is 5.75 Å². The number of anilines is 1. The van der Waals surface area contributed by atoms with E-state index in [9.17, 15) is 24.6 Å². The van der Waals surface area contributed by atoms with Crippen LogP contribution in [-0.2, 0) is 9.59 Å². The first-order chi connectivity index (χ1) is 17.7. The molecule has 1 aliphatic heterocycles. The summed E-state index contributed by atoms with van der Waals surface area (Å²) in [6.45, 7) is 3.79. The summed E-state index contributed by atoms with van der Waals surface area (Å²) in [6, 6.07) is 13.4. The molecule has 1 saturated heterocycles. The number of Topliss-reactive ketones (excluding diaryl/α,β-unsaturated/α-hetero) is 1. The summed E-state index contributed by atoms with van der Waals surface area (Å²) in [6.07, 6.45) is 3.05. The minimum Gasteiger partial charge on any atom is -0.507 e.